The Balaban J connectivity index is 2.57. The lowest BCUT2D eigenvalue weighted by Gasteiger charge is -2.30. The summed E-state index contributed by atoms with van der Waals surface area (Å²) in [7, 11) is -3.34. The molecule has 0 spiro atoms. The molecule has 0 saturated heterocycles. The van der Waals surface area contributed by atoms with Gasteiger partial charge in [0, 0.05) is 11.8 Å². The minimum absolute atomic E-state index is 0.234. The highest BCUT2D eigenvalue weighted by Gasteiger charge is 2.49. The summed E-state index contributed by atoms with van der Waals surface area (Å²) in [6.45, 7) is 0. The first-order chi connectivity index (χ1) is 8.27. The van der Waals surface area contributed by atoms with E-state index in [1.54, 1.807) is 18.2 Å². The summed E-state index contributed by atoms with van der Waals surface area (Å²) >= 11 is 12.0. The minimum Gasteiger partial charge on any atom is -0.384 e. The topological polar surface area (TPSA) is 54.4 Å². The Labute approximate surface area is 117 Å². The van der Waals surface area contributed by atoms with Gasteiger partial charge in [0.2, 0.25) is 0 Å². The lowest BCUT2D eigenvalue weighted by molar-refractivity contribution is 0.0478. The predicted octanol–water partition coefficient (Wildman–Crippen LogP) is 2.78. The van der Waals surface area contributed by atoms with Crippen LogP contribution in [0.4, 0.5) is 0 Å². The van der Waals surface area contributed by atoms with Crippen molar-refractivity contribution in [2.24, 2.45) is 0 Å². The van der Waals surface area contributed by atoms with Gasteiger partial charge in [-0.15, -0.1) is 0 Å². The summed E-state index contributed by atoms with van der Waals surface area (Å²) in [5.41, 5.74) is -1.03. The highest BCUT2D eigenvalue weighted by Crippen LogP contribution is 2.46. The van der Waals surface area contributed by atoms with E-state index in [0.717, 1.165) is 6.26 Å². The van der Waals surface area contributed by atoms with Crippen molar-refractivity contribution in [2.75, 3.05) is 6.26 Å². The van der Waals surface area contributed by atoms with Gasteiger partial charge in [-0.25, -0.2) is 8.42 Å². The summed E-state index contributed by atoms with van der Waals surface area (Å²) in [5, 5.41) is 10.5. The van der Waals surface area contributed by atoms with E-state index in [1.165, 1.54) is 0 Å². The van der Waals surface area contributed by atoms with Crippen LogP contribution < -0.4 is 0 Å². The maximum absolute atomic E-state index is 11.8. The molecule has 2 atom stereocenters. The zero-order valence-electron chi connectivity index (χ0n) is 9.86. The number of sulfone groups is 1. The summed E-state index contributed by atoms with van der Waals surface area (Å²) in [4.78, 5) is 0. The molecule has 0 aliphatic heterocycles. The molecule has 18 heavy (non-hydrogen) atoms. The van der Waals surface area contributed by atoms with Gasteiger partial charge in [-0.3, -0.25) is 0 Å². The molecule has 1 aliphatic rings. The first-order valence-electron chi connectivity index (χ1n) is 5.62. The van der Waals surface area contributed by atoms with Gasteiger partial charge in [-0.05, 0) is 25.3 Å². The average Bonchev–Trinajstić information content (AvgIpc) is 2.65. The molecule has 1 fully saturated rings. The van der Waals surface area contributed by atoms with Crippen LogP contribution in [0.3, 0.4) is 0 Å². The molecule has 1 aromatic carbocycles. The normalized spacial score (nSPS) is 28.6. The van der Waals surface area contributed by atoms with E-state index in [4.69, 9.17) is 23.2 Å². The van der Waals surface area contributed by atoms with Crippen molar-refractivity contribution in [1.29, 1.82) is 0 Å². The molecule has 0 heterocycles. The summed E-state index contributed by atoms with van der Waals surface area (Å²) < 4.78 is 23.6. The second-order valence-electron chi connectivity index (χ2n) is 4.74. The summed E-state index contributed by atoms with van der Waals surface area (Å²) in [6.07, 6.45) is 2.62. The molecule has 2 unspecified atom stereocenters. The van der Waals surface area contributed by atoms with Crippen LogP contribution in [0.5, 0.6) is 0 Å². The number of aliphatic hydroxyl groups is 1. The Kier molecular flexibility index (Phi) is 3.67. The fraction of sp³-hybridized carbons (Fsp3) is 0.500. The van der Waals surface area contributed by atoms with E-state index in [-0.39, 0.29) is 5.02 Å². The number of rotatable bonds is 2. The third-order valence-electron chi connectivity index (χ3n) is 3.49. The van der Waals surface area contributed by atoms with Crippen molar-refractivity contribution in [1.82, 2.24) is 0 Å². The molecule has 0 bridgehead atoms. The second kappa shape index (κ2) is 4.67. The number of benzene rings is 1. The molecule has 0 aromatic heterocycles. The third kappa shape index (κ3) is 2.27. The minimum atomic E-state index is -3.34. The van der Waals surface area contributed by atoms with Crippen LogP contribution in [-0.2, 0) is 15.4 Å². The van der Waals surface area contributed by atoms with Gasteiger partial charge < -0.3 is 5.11 Å². The van der Waals surface area contributed by atoms with E-state index in [2.05, 4.69) is 0 Å². The SMILES string of the molecule is CS(=O)(=O)C1CCCC1(O)c1cccc(Cl)c1Cl. The smallest absolute Gasteiger partial charge is 0.153 e. The van der Waals surface area contributed by atoms with E-state index < -0.39 is 20.7 Å². The third-order valence-corrected chi connectivity index (χ3v) is 5.97. The average molecular weight is 309 g/mol. The van der Waals surface area contributed by atoms with Gasteiger partial charge in [-0.1, -0.05) is 35.3 Å². The molecule has 6 heteroatoms. The summed E-state index contributed by atoms with van der Waals surface area (Å²) in [6, 6.07) is 4.91. The maximum Gasteiger partial charge on any atom is 0.153 e. The van der Waals surface area contributed by atoms with Gasteiger partial charge in [0.1, 0.15) is 5.60 Å². The van der Waals surface area contributed by atoms with Crippen molar-refractivity contribution in [3.05, 3.63) is 33.8 Å². The van der Waals surface area contributed by atoms with Gasteiger partial charge in [0.15, 0.2) is 9.84 Å². The highest BCUT2D eigenvalue weighted by atomic mass is 35.5. The predicted molar refractivity (Wildman–Crippen MR) is 72.8 cm³/mol. The van der Waals surface area contributed by atoms with Crippen molar-refractivity contribution >= 4 is 33.0 Å². The lowest BCUT2D eigenvalue weighted by Crippen LogP contribution is -2.39. The highest BCUT2D eigenvalue weighted by molar-refractivity contribution is 7.91. The Morgan fingerprint density at radius 1 is 1.39 bits per heavy atom. The van der Waals surface area contributed by atoms with Crippen molar-refractivity contribution in [3.8, 4) is 0 Å². The molecule has 1 aliphatic carbocycles. The monoisotopic (exact) mass is 308 g/mol. The van der Waals surface area contributed by atoms with E-state index in [1.807, 2.05) is 0 Å². The Hall–Kier alpha value is -0.290. The van der Waals surface area contributed by atoms with Gasteiger partial charge >= 0.3 is 0 Å². The maximum atomic E-state index is 11.8. The molecule has 0 amide bonds. The largest absolute Gasteiger partial charge is 0.384 e. The fourth-order valence-corrected chi connectivity index (χ4v) is 4.68. The van der Waals surface area contributed by atoms with Crippen LogP contribution in [0.2, 0.25) is 10.0 Å². The quantitative estimate of drug-likeness (QED) is 0.914. The molecule has 1 saturated carbocycles. The Bertz CT molecular complexity index is 571. The first-order valence-corrected chi connectivity index (χ1v) is 8.33. The molecular weight excluding hydrogens is 295 g/mol. The molecule has 1 aromatic rings. The number of halogens is 2. The first kappa shape index (κ1) is 14.1. The molecular formula is C12H14Cl2O3S. The zero-order valence-corrected chi connectivity index (χ0v) is 12.2. The molecule has 0 radical (unpaired) electrons. The molecule has 1 N–H and O–H groups in total. The number of hydrogen-bond donors (Lipinski definition) is 1. The van der Waals surface area contributed by atoms with Gasteiger partial charge in [0.05, 0.1) is 15.3 Å². The molecule has 2 rings (SSSR count). The van der Waals surface area contributed by atoms with E-state index in [0.29, 0.717) is 29.8 Å². The fourth-order valence-electron chi connectivity index (χ4n) is 2.67. The van der Waals surface area contributed by atoms with Crippen LogP contribution in [0.25, 0.3) is 0 Å². The molecule has 100 valence electrons. The van der Waals surface area contributed by atoms with Crippen LogP contribution in [0, 0.1) is 0 Å². The van der Waals surface area contributed by atoms with Crippen LogP contribution >= 0.6 is 23.2 Å². The van der Waals surface area contributed by atoms with Crippen molar-refractivity contribution < 1.29 is 13.5 Å². The van der Waals surface area contributed by atoms with Crippen LogP contribution in [-0.4, -0.2) is 25.0 Å². The number of hydrogen-bond acceptors (Lipinski definition) is 3. The Morgan fingerprint density at radius 2 is 2.06 bits per heavy atom. The Morgan fingerprint density at radius 3 is 2.67 bits per heavy atom. The van der Waals surface area contributed by atoms with Crippen molar-refractivity contribution in [2.45, 2.75) is 30.1 Å². The van der Waals surface area contributed by atoms with E-state index in [9.17, 15) is 13.5 Å². The van der Waals surface area contributed by atoms with E-state index >= 15 is 0 Å². The second-order valence-corrected chi connectivity index (χ2v) is 7.75. The molecule has 3 nitrogen and oxygen atoms in total. The standard InChI is InChI=1S/C12H14Cl2O3S/c1-18(16,17)10-6-3-7-12(10,15)8-4-2-5-9(13)11(8)14/h2,4-5,10,15H,3,6-7H2,1H3. The van der Waals surface area contributed by atoms with Gasteiger partial charge in [0.25, 0.3) is 0 Å². The lowest BCUT2D eigenvalue weighted by atomic mass is 9.92. The van der Waals surface area contributed by atoms with Gasteiger partial charge in [-0.2, -0.15) is 0 Å². The van der Waals surface area contributed by atoms with Crippen LogP contribution in [0.1, 0.15) is 24.8 Å². The zero-order chi connectivity index (χ0) is 13.6. The van der Waals surface area contributed by atoms with Crippen molar-refractivity contribution in [3.63, 3.8) is 0 Å². The summed E-state index contributed by atoms with van der Waals surface area (Å²) in [5.74, 6) is 0. The van der Waals surface area contributed by atoms with Crippen LogP contribution in [0.15, 0.2) is 18.2 Å².